The van der Waals surface area contributed by atoms with Crippen LogP contribution in [0.3, 0.4) is 0 Å². The lowest BCUT2D eigenvalue weighted by Gasteiger charge is -2.19. The first kappa shape index (κ1) is 24.0. The van der Waals surface area contributed by atoms with E-state index >= 15 is 0 Å². The van der Waals surface area contributed by atoms with E-state index in [4.69, 9.17) is 10.5 Å². The van der Waals surface area contributed by atoms with Crippen LogP contribution < -0.4 is 15.2 Å². The fourth-order valence-electron chi connectivity index (χ4n) is 3.03. The molecule has 170 valence electrons. The fraction of sp³-hybridized carbons (Fsp3) is 0.304. The Bertz CT molecular complexity index is 1160. The van der Waals surface area contributed by atoms with Gasteiger partial charge in [0.05, 0.1) is 10.5 Å². The van der Waals surface area contributed by atoms with Crippen molar-refractivity contribution in [1.82, 2.24) is 9.97 Å². The topological polar surface area (TPSA) is 107 Å². The largest absolute Gasteiger partial charge is 0.476 e. The molecule has 1 heterocycles. The Balaban J connectivity index is 2.09. The number of sulfonamides is 1. The van der Waals surface area contributed by atoms with Crippen LogP contribution in [0.1, 0.15) is 26.3 Å². The minimum Gasteiger partial charge on any atom is -0.476 e. The molecule has 0 amide bonds. The molecule has 0 aliphatic heterocycles. The maximum absolute atomic E-state index is 13.2. The van der Waals surface area contributed by atoms with Gasteiger partial charge in [-0.25, -0.2) is 13.4 Å². The Labute approximate surface area is 193 Å². The van der Waals surface area contributed by atoms with Gasteiger partial charge < -0.3 is 10.5 Å². The number of nitrogens with two attached hydrogens (primary N) is 1. The molecule has 0 bridgehead atoms. The average molecular weight is 473 g/mol. The van der Waals surface area contributed by atoms with E-state index in [0.717, 1.165) is 11.1 Å². The summed E-state index contributed by atoms with van der Waals surface area (Å²) in [6, 6.07) is 16.2. The van der Waals surface area contributed by atoms with Crippen LogP contribution in [0.4, 0.5) is 5.82 Å². The third-order valence-electron chi connectivity index (χ3n) is 4.72. The normalized spacial score (nSPS) is 11.9. The number of hydrogen-bond acceptors (Lipinski definition) is 7. The molecule has 2 aromatic carbocycles. The summed E-state index contributed by atoms with van der Waals surface area (Å²) < 4.78 is 34.9. The summed E-state index contributed by atoms with van der Waals surface area (Å²) in [6.07, 6.45) is 1.81. The van der Waals surface area contributed by atoms with Gasteiger partial charge in [-0.05, 0) is 34.9 Å². The van der Waals surface area contributed by atoms with E-state index in [0.29, 0.717) is 17.3 Å². The number of nitrogens with one attached hydrogen (secondary N) is 1. The van der Waals surface area contributed by atoms with E-state index in [2.05, 4.69) is 35.5 Å². The molecule has 7 nitrogen and oxygen atoms in total. The van der Waals surface area contributed by atoms with Crippen LogP contribution in [-0.4, -0.2) is 37.8 Å². The summed E-state index contributed by atoms with van der Waals surface area (Å²) in [5, 5.41) is 0.387. The van der Waals surface area contributed by atoms with Gasteiger partial charge in [0.25, 0.3) is 10.0 Å². The van der Waals surface area contributed by atoms with E-state index in [1.807, 2.05) is 48.7 Å². The molecule has 1 aromatic heterocycles. The van der Waals surface area contributed by atoms with Gasteiger partial charge in [0.1, 0.15) is 6.61 Å². The van der Waals surface area contributed by atoms with Crippen molar-refractivity contribution in [2.24, 2.45) is 5.73 Å². The molecule has 0 atom stereocenters. The Morgan fingerprint density at radius 3 is 2.25 bits per heavy atom. The van der Waals surface area contributed by atoms with Crippen LogP contribution in [-0.2, 0) is 15.4 Å². The van der Waals surface area contributed by atoms with Crippen LogP contribution in [0.25, 0.3) is 11.1 Å². The highest BCUT2D eigenvalue weighted by Gasteiger charge is 2.23. The second kappa shape index (κ2) is 9.89. The van der Waals surface area contributed by atoms with Gasteiger partial charge in [0.2, 0.25) is 5.88 Å². The van der Waals surface area contributed by atoms with Crippen molar-refractivity contribution < 1.29 is 13.2 Å². The first-order valence-corrected chi connectivity index (χ1v) is 12.8. The lowest BCUT2D eigenvalue weighted by molar-refractivity contribution is 0.314. The first-order valence-electron chi connectivity index (χ1n) is 10.1. The number of ether oxygens (including phenoxy) is 1. The van der Waals surface area contributed by atoms with Crippen LogP contribution in [0.15, 0.2) is 64.6 Å². The molecule has 32 heavy (non-hydrogen) atoms. The maximum Gasteiger partial charge on any atom is 0.263 e. The monoisotopic (exact) mass is 472 g/mol. The van der Waals surface area contributed by atoms with E-state index < -0.39 is 10.0 Å². The number of thioether (sulfide) groups is 1. The van der Waals surface area contributed by atoms with Crippen molar-refractivity contribution in [2.75, 3.05) is 24.1 Å². The van der Waals surface area contributed by atoms with Crippen LogP contribution in [0, 0.1) is 0 Å². The molecule has 3 aromatic rings. The maximum atomic E-state index is 13.2. The highest BCUT2D eigenvalue weighted by molar-refractivity contribution is 7.98. The van der Waals surface area contributed by atoms with E-state index in [-0.39, 0.29) is 28.6 Å². The zero-order valence-corrected chi connectivity index (χ0v) is 20.3. The molecule has 0 unspecified atom stereocenters. The van der Waals surface area contributed by atoms with Gasteiger partial charge >= 0.3 is 0 Å². The molecule has 3 rings (SSSR count). The van der Waals surface area contributed by atoms with Crippen molar-refractivity contribution in [3.05, 3.63) is 60.2 Å². The van der Waals surface area contributed by atoms with Crippen molar-refractivity contribution in [3.8, 4) is 17.0 Å². The molecule has 0 spiro atoms. The van der Waals surface area contributed by atoms with Gasteiger partial charge in [-0.1, -0.05) is 75.0 Å². The van der Waals surface area contributed by atoms with E-state index in [1.54, 1.807) is 12.1 Å². The quantitative estimate of drug-likeness (QED) is 0.372. The standard InChI is InChI=1S/C23H28N4O3S2/c1-23(2,3)17-10-12-18(13-11-17)32(28,29)27-20-19(16-8-6-5-7-9-16)21(30-15-14-24)26-22(25-20)31-4/h5-13H,14-15,24H2,1-4H3,(H,25,26,27). The molecule has 0 fully saturated rings. The van der Waals surface area contributed by atoms with Crippen LogP contribution in [0.2, 0.25) is 0 Å². The predicted molar refractivity (Wildman–Crippen MR) is 130 cm³/mol. The number of rotatable bonds is 8. The Morgan fingerprint density at radius 2 is 1.69 bits per heavy atom. The number of benzene rings is 2. The van der Waals surface area contributed by atoms with Gasteiger partial charge in [-0.3, -0.25) is 4.72 Å². The molecule has 0 saturated heterocycles. The number of hydrogen-bond donors (Lipinski definition) is 2. The second-order valence-electron chi connectivity index (χ2n) is 8.12. The molecule has 3 N–H and O–H groups in total. The smallest absolute Gasteiger partial charge is 0.263 e. The molecular formula is C23H28N4O3S2. The van der Waals surface area contributed by atoms with Gasteiger partial charge in [0.15, 0.2) is 11.0 Å². The van der Waals surface area contributed by atoms with Crippen molar-refractivity contribution in [2.45, 2.75) is 36.2 Å². The molecular weight excluding hydrogens is 444 g/mol. The minimum atomic E-state index is -3.90. The molecule has 0 aliphatic rings. The molecule has 0 aliphatic carbocycles. The fourth-order valence-corrected chi connectivity index (χ4v) is 4.40. The third kappa shape index (κ3) is 5.59. The summed E-state index contributed by atoms with van der Waals surface area (Å²) in [4.78, 5) is 9.05. The summed E-state index contributed by atoms with van der Waals surface area (Å²) in [5.41, 5.74) is 7.77. The molecule has 9 heteroatoms. The van der Waals surface area contributed by atoms with E-state index in [9.17, 15) is 8.42 Å². The second-order valence-corrected chi connectivity index (χ2v) is 10.6. The molecule has 0 saturated carbocycles. The van der Waals surface area contributed by atoms with Crippen molar-refractivity contribution in [1.29, 1.82) is 0 Å². The number of anilines is 1. The average Bonchev–Trinajstić information content (AvgIpc) is 2.77. The Hall–Kier alpha value is -2.62. The Kier molecular flexibility index (Phi) is 7.43. The van der Waals surface area contributed by atoms with Gasteiger partial charge in [-0.15, -0.1) is 0 Å². The first-order chi connectivity index (χ1) is 15.2. The highest BCUT2D eigenvalue weighted by atomic mass is 32.2. The lowest BCUT2D eigenvalue weighted by Crippen LogP contribution is -2.18. The van der Waals surface area contributed by atoms with Gasteiger partial charge in [-0.2, -0.15) is 4.98 Å². The lowest BCUT2D eigenvalue weighted by atomic mass is 9.87. The zero-order chi connectivity index (χ0) is 23.4. The van der Waals surface area contributed by atoms with Crippen LogP contribution in [0.5, 0.6) is 5.88 Å². The SMILES string of the molecule is CSc1nc(NS(=O)(=O)c2ccc(C(C)(C)C)cc2)c(-c2ccccc2)c(OCCN)n1. The van der Waals surface area contributed by atoms with Crippen LogP contribution >= 0.6 is 11.8 Å². The zero-order valence-electron chi connectivity index (χ0n) is 18.6. The van der Waals surface area contributed by atoms with Gasteiger partial charge in [0, 0.05) is 6.54 Å². The third-order valence-corrected chi connectivity index (χ3v) is 6.62. The summed E-state index contributed by atoms with van der Waals surface area (Å²) in [6.45, 7) is 6.77. The van der Waals surface area contributed by atoms with E-state index in [1.165, 1.54) is 11.8 Å². The summed E-state index contributed by atoms with van der Waals surface area (Å²) in [5.74, 6) is 0.434. The number of nitrogens with zero attached hydrogens (tertiary/aromatic N) is 2. The Morgan fingerprint density at radius 1 is 1.03 bits per heavy atom. The summed E-state index contributed by atoms with van der Waals surface area (Å²) in [7, 11) is -3.90. The number of aromatic nitrogens is 2. The molecule has 0 radical (unpaired) electrons. The van der Waals surface area contributed by atoms with Crippen molar-refractivity contribution >= 4 is 27.6 Å². The predicted octanol–water partition coefficient (Wildman–Crippen LogP) is 4.30. The minimum absolute atomic E-state index is 0.0780. The highest BCUT2D eigenvalue weighted by Crippen LogP contribution is 2.37. The summed E-state index contributed by atoms with van der Waals surface area (Å²) >= 11 is 1.29. The van der Waals surface area contributed by atoms with Crippen molar-refractivity contribution in [3.63, 3.8) is 0 Å².